The predicted molar refractivity (Wildman–Crippen MR) is 146 cm³/mol. The number of methoxy groups -OCH3 is 1. The van der Waals surface area contributed by atoms with Crippen molar-refractivity contribution < 1.29 is 22.7 Å². The molecule has 39 heavy (non-hydrogen) atoms. The first-order chi connectivity index (χ1) is 18.8. The lowest BCUT2D eigenvalue weighted by Crippen LogP contribution is -2.46. The molecule has 200 valence electrons. The second-order valence-electron chi connectivity index (χ2n) is 9.22. The molecule has 0 bridgehead atoms. The Hall–Kier alpha value is -4.64. The highest BCUT2D eigenvalue weighted by molar-refractivity contribution is 7.89. The van der Waals surface area contributed by atoms with Gasteiger partial charge in [-0.3, -0.25) is 5.32 Å². The van der Waals surface area contributed by atoms with Gasteiger partial charge in [-0.25, -0.2) is 27.7 Å². The molecular weight excluding hydrogens is 518 g/mol. The number of amides is 3. The summed E-state index contributed by atoms with van der Waals surface area (Å²) < 4.78 is 34.1. The number of carbonyl (C=O) groups is 2. The summed E-state index contributed by atoms with van der Waals surface area (Å²) in [5.41, 5.74) is 1.92. The summed E-state index contributed by atoms with van der Waals surface area (Å²) in [4.78, 5) is 29.2. The van der Waals surface area contributed by atoms with Crippen molar-refractivity contribution in [2.75, 3.05) is 12.4 Å². The van der Waals surface area contributed by atoms with E-state index in [1.54, 1.807) is 67.0 Å². The molecule has 0 spiro atoms. The van der Waals surface area contributed by atoms with Crippen molar-refractivity contribution >= 4 is 27.8 Å². The molecule has 1 fully saturated rings. The van der Waals surface area contributed by atoms with Gasteiger partial charge in [-0.1, -0.05) is 60.7 Å². The normalized spacial score (nSPS) is 18.1. The largest absolute Gasteiger partial charge is 0.453 e. The summed E-state index contributed by atoms with van der Waals surface area (Å²) in [7, 11) is -2.66. The molecule has 1 saturated carbocycles. The van der Waals surface area contributed by atoms with Crippen LogP contribution in [0.25, 0.3) is 5.69 Å². The fourth-order valence-corrected chi connectivity index (χ4v) is 5.74. The first-order valence-electron chi connectivity index (χ1n) is 12.2. The Morgan fingerprint density at radius 3 is 2.33 bits per heavy atom. The van der Waals surface area contributed by atoms with Crippen molar-refractivity contribution in [2.24, 2.45) is 0 Å². The van der Waals surface area contributed by atoms with E-state index >= 15 is 0 Å². The zero-order valence-corrected chi connectivity index (χ0v) is 21.9. The Morgan fingerprint density at radius 2 is 1.67 bits per heavy atom. The Morgan fingerprint density at radius 1 is 1.00 bits per heavy atom. The molecule has 3 amide bonds. The minimum atomic E-state index is -3.94. The predicted octanol–water partition coefficient (Wildman–Crippen LogP) is 4.26. The van der Waals surface area contributed by atoms with Crippen molar-refractivity contribution in [1.29, 1.82) is 0 Å². The number of anilines is 1. The zero-order valence-electron chi connectivity index (χ0n) is 21.1. The number of benzene rings is 3. The summed E-state index contributed by atoms with van der Waals surface area (Å²) in [5, 5.41) is 5.54. The third-order valence-corrected chi connectivity index (χ3v) is 7.77. The van der Waals surface area contributed by atoms with Gasteiger partial charge in [-0.05, 0) is 41.8 Å². The van der Waals surface area contributed by atoms with E-state index in [9.17, 15) is 18.0 Å². The molecule has 1 aliphatic rings. The van der Waals surface area contributed by atoms with E-state index in [0.717, 1.165) is 11.3 Å². The van der Waals surface area contributed by atoms with Crippen LogP contribution < -0.4 is 15.4 Å². The first-order valence-corrected chi connectivity index (χ1v) is 13.9. The molecule has 1 heterocycles. The Kier molecular flexibility index (Phi) is 7.07. The minimum absolute atomic E-state index is 0.123. The van der Waals surface area contributed by atoms with Crippen LogP contribution in [-0.4, -0.2) is 37.2 Å². The number of aromatic nitrogens is 2. The number of urea groups is 1. The lowest BCUT2D eigenvalue weighted by molar-refractivity contribution is 0.187. The van der Waals surface area contributed by atoms with Gasteiger partial charge < -0.3 is 14.6 Å². The number of hydrogen-bond donors (Lipinski definition) is 3. The van der Waals surface area contributed by atoms with E-state index < -0.39 is 27.7 Å². The van der Waals surface area contributed by atoms with Crippen LogP contribution in [0.5, 0.6) is 0 Å². The van der Waals surface area contributed by atoms with Crippen molar-refractivity contribution in [3.05, 3.63) is 114 Å². The van der Waals surface area contributed by atoms with Crippen LogP contribution in [0.15, 0.2) is 97.3 Å². The Bertz CT molecular complexity index is 1570. The van der Waals surface area contributed by atoms with E-state index in [4.69, 9.17) is 0 Å². The monoisotopic (exact) mass is 545 g/mol. The number of carbonyl (C=O) groups excluding carboxylic acids is 2. The van der Waals surface area contributed by atoms with E-state index in [-0.39, 0.29) is 11.7 Å². The molecule has 0 aliphatic heterocycles. The average Bonchev–Trinajstić information content (AvgIpc) is 3.41. The van der Waals surface area contributed by atoms with Crippen LogP contribution in [0.1, 0.15) is 29.3 Å². The molecule has 0 saturated heterocycles. The number of nitrogens with one attached hydrogen (secondary N) is 3. The number of hydrogen-bond acceptors (Lipinski definition) is 6. The van der Waals surface area contributed by atoms with Crippen LogP contribution in [-0.2, 0) is 26.1 Å². The van der Waals surface area contributed by atoms with Crippen LogP contribution in [0.3, 0.4) is 0 Å². The SMILES string of the molecule is COC(=O)Nc1ccc(-n2ccnc2C2(NC(=O)NS(=O)(=O)Cc3ccccc3)C[C@@H]2c2ccccc2)cc1. The highest BCUT2D eigenvalue weighted by Crippen LogP contribution is 2.58. The molecule has 1 unspecified atom stereocenters. The third kappa shape index (κ3) is 5.78. The quantitative estimate of drug-likeness (QED) is 0.303. The Labute approximate surface area is 226 Å². The molecule has 1 aliphatic carbocycles. The highest BCUT2D eigenvalue weighted by atomic mass is 32.2. The number of imidazole rings is 1. The molecule has 3 aromatic carbocycles. The fraction of sp³-hybridized carbons (Fsp3) is 0.179. The second-order valence-corrected chi connectivity index (χ2v) is 10.9. The molecule has 2 atom stereocenters. The summed E-state index contributed by atoms with van der Waals surface area (Å²) in [6.45, 7) is 0. The van der Waals surface area contributed by atoms with Crippen molar-refractivity contribution in [3.8, 4) is 5.69 Å². The lowest BCUT2D eigenvalue weighted by Gasteiger charge is -2.21. The van der Waals surface area contributed by atoms with E-state index in [1.165, 1.54) is 7.11 Å². The van der Waals surface area contributed by atoms with Gasteiger partial charge in [0, 0.05) is 29.7 Å². The van der Waals surface area contributed by atoms with E-state index in [0.29, 0.717) is 23.5 Å². The van der Waals surface area contributed by atoms with Gasteiger partial charge in [0.25, 0.3) is 0 Å². The van der Waals surface area contributed by atoms with Gasteiger partial charge in [-0.2, -0.15) is 0 Å². The molecular formula is C28H27N5O5S. The maximum Gasteiger partial charge on any atom is 0.411 e. The standard InChI is InChI=1S/C28H27N5O5S/c1-38-27(35)30-22-12-14-23(15-13-22)33-17-16-29-25(33)28(18-24(28)21-10-6-3-7-11-21)31-26(34)32-39(36,37)19-20-8-4-2-5-9-20/h2-17,24H,18-19H2,1H3,(H,30,35)(H2,31,32,34)/t24-,28?/m1/s1. The van der Waals surface area contributed by atoms with Crippen LogP contribution in [0, 0.1) is 0 Å². The maximum absolute atomic E-state index is 13.1. The number of rotatable bonds is 8. The Balaban J connectivity index is 1.42. The van der Waals surface area contributed by atoms with Gasteiger partial charge in [0.15, 0.2) is 0 Å². The zero-order chi connectivity index (χ0) is 27.5. The van der Waals surface area contributed by atoms with Crippen LogP contribution >= 0.6 is 0 Å². The average molecular weight is 546 g/mol. The van der Waals surface area contributed by atoms with Crippen LogP contribution in [0.4, 0.5) is 15.3 Å². The van der Waals surface area contributed by atoms with Crippen molar-refractivity contribution in [2.45, 2.75) is 23.6 Å². The fourth-order valence-electron chi connectivity index (χ4n) is 4.71. The van der Waals surface area contributed by atoms with E-state index in [1.807, 2.05) is 34.9 Å². The third-order valence-electron chi connectivity index (χ3n) is 6.56. The minimum Gasteiger partial charge on any atom is -0.453 e. The highest BCUT2D eigenvalue weighted by Gasteiger charge is 2.60. The second kappa shape index (κ2) is 10.6. The van der Waals surface area contributed by atoms with Gasteiger partial charge in [-0.15, -0.1) is 0 Å². The van der Waals surface area contributed by atoms with Gasteiger partial charge in [0.1, 0.15) is 11.4 Å². The van der Waals surface area contributed by atoms with Crippen LogP contribution in [0.2, 0.25) is 0 Å². The van der Waals surface area contributed by atoms with Gasteiger partial charge in [0.2, 0.25) is 10.0 Å². The first kappa shape index (κ1) is 26.0. The van der Waals surface area contributed by atoms with Crippen molar-refractivity contribution in [1.82, 2.24) is 19.6 Å². The summed E-state index contributed by atoms with van der Waals surface area (Å²) in [5.74, 6) is 0.111. The number of sulfonamides is 1. The maximum atomic E-state index is 13.1. The molecule has 4 aromatic rings. The van der Waals surface area contributed by atoms with E-state index in [2.05, 4.69) is 25.1 Å². The van der Waals surface area contributed by atoms with Gasteiger partial charge in [0.05, 0.1) is 12.9 Å². The molecule has 5 rings (SSSR count). The molecule has 1 aromatic heterocycles. The smallest absolute Gasteiger partial charge is 0.411 e. The number of nitrogens with zero attached hydrogens (tertiary/aromatic N) is 2. The topological polar surface area (TPSA) is 131 Å². The number of ether oxygens (including phenoxy) is 1. The van der Waals surface area contributed by atoms with Gasteiger partial charge >= 0.3 is 12.1 Å². The molecule has 0 radical (unpaired) electrons. The molecule has 11 heteroatoms. The summed E-state index contributed by atoms with van der Waals surface area (Å²) in [6.07, 6.45) is 3.35. The molecule has 10 nitrogen and oxygen atoms in total. The lowest BCUT2D eigenvalue weighted by atomic mass is 10.1. The van der Waals surface area contributed by atoms with Crippen molar-refractivity contribution in [3.63, 3.8) is 0 Å². The summed E-state index contributed by atoms with van der Waals surface area (Å²) >= 11 is 0. The molecule has 3 N–H and O–H groups in total. The summed E-state index contributed by atoms with van der Waals surface area (Å²) in [6, 6.07) is 24.6.